The predicted molar refractivity (Wildman–Crippen MR) is 75.2 cm³/mol. The zero-order chi connectivity index (χ0) is 14.5. The molecule has 19 heavy (non-hydrogen) atoms. The van der Waals surface area contributed by atoms with Crippen molar-refractivity contribution in [2.75, 3.05) is 12.4 Å². The molecule has 0 N–H and O–H groups in total. The molecule has 0 saturated carbocycles. The summed E-state index contributed by atoms with van der Waals surface area (Å²) in [5.41, 5.74) is 0.274. The van der Waals surface area contributed by atoms with E-state index in [2.05, 4.69) is 0 Å². The topological polar surface area (TPSA) is 67.2 Å². The minimum atomic E-state index is -3.05. The van der Waals surface area contributed by atoms with E-state index in [-0.39, 0.29) is 23.2 Å². The van der Waals surface area contributed by atoms with Crippen LogP contribution in [0.25, 0.3) is 0 Å². The number of nitriles is 1. The van der Waals surface area contributed by atoms with Crippen LogP contribution in [0.4, 0.5) is 0 Å². The first-order valence-corrected chi connectivity index (χ1v) is 8.01. The molecule has 0 aliphatic heterocycles. The lowest BCUT2D eigenvalue weighted by molar-refractivity contribution is 0.316. The van der Waals surface area contributed by atoms with E-state index in [4.69, 9.17) is 21.6 Å². The lowest BCUT2D eigenvalue weighted by Gasteiger charge is -2.10. The molecule has 1 rings (SSSR count). The van der Waals surface area contributed by atoms with Crippen molar-refractivity contribution in [3.8, 4) is 11.8 Å². The molecule has 0 bridgehead atoms. The van der Waals surface area contributed by atoms with Gasteiger partial charge in [-0.25, -0.2) is 8.42 Å². The smallest absolute Gasteiger partial charge is 0.152 e. The summed E-state index contributed by atoms with van der Waals surface area (Å²) in [5, 5.41) is 8.89. The van der Waals surface area contributed by atoms with E-state index in [1.54, 1.807) is 32.0 Å². The van der Waals surface area contributed by atoms with Gasteiger partial charge in [0.2, 0.25) is 0 Å². The third-order valence-electron chi connectivity index (χ3n) is 2.64. The lowest BCUT2D eigenvalue weighted by atomic mass is 10.2. The zero-order valence-electron chi connectivity index (χ0n) is 10.9. The van der Waals surface area contributed by atoms with Crippen LogP contribution in [-0.2, 0) is 9.84 Å². The molecule has 0 spiro atoms. The Hall–Kier alpha value is -1.25. The Morgan fingerprint density at radius 1 is 1.42 bits per heavy atom. The first kappa shape index (κ1) is 15.8. The molecular formula is C13H16ClNO3S. The van der Waals surface area contributed by atoms with E-state index in [0.717, 1.165) is 0 Å². The second-order valence-electron chi connectivity index (χ2n) is 4.34. The van der Waals surface area contributed by atoms with E-state index in [9.17, 15) is 8.42 Å². The molecule has 0 saturated heterocycles. The summed E-state index contributed by atoms with van der Waals surface area (Å²) in [4.78, 5) is 0. The van der Waals surface area contributed by atoms with Crippen molar-refractivity contribution in [2.24, 2.45) is 0 Å². The molecule has 4 nitrogen and oxygen atoms in total. The average Bonchev–Trinajstić information content (AvgIpc) is 2.34. The zero-order valence-corrected chi connectivity index (χ0v) is 12.5. The van der Waals surface area contributed by atoms with Crippen molar-refractivity contribution < 1.29 is 13.2 Å². The van der Waals surface area contributed by atoms with Gasteiger partial charge in [-0.15, -0.1) is 0 Å². The molecular weight excluding hydrogens is 286 g/mol. The van der Waals surface area contributed by atoms with Crippen LogP contribution >= 0.6 is 11.6 Å². The molecule has 0 heterocycles. The predicted octanol–water partition coefficient (Wildman–Crippen LogP) is 2.80. The molecule has 0 radical (unpaired) electrons. The summed E-state index contributed by atoms with van der Waals surface area (Å²) in [6, 6.07) is 6.90. The molecule has 1 aromatic rings. The summed E-state index contributed by atoms with van der Waals surface area (Å²) in [6.07, 6.45) is 0.387. The maximum atomic E-state index is 11.6. The van der Waals surface area contributed by atoms with Gasteiger partial charge in [0.05, 0.1) is 22.6 Å². The van der Waals surface area contributed by atoms with E-state index < -0.39 is 9.84 Å². The summed E-state index contributed by atoms with van der Waals surface area (Å²) in [6.45, 7) is 3.54. The fourth-order valence-electron chi connectivity index (χ4n) is 1.41. The number of hydrogen-bond acceptors (Lipinski definition) is 4. The van der Waals surface area contributed by atoms with Gasteiger partial charge in [0.25, 0.3) is 0 Å². The highest BCUT2D eigenvalue weighted by Gasteiger charge is 2.15. The van der Waals surface area contributed by atoms with Crippen LogP contribution in [0, 0.1) is 11.3 Å². The summed E-state index contributed by atoms with van der Waals surface area (Å²) in [7, 11) is -3.05. The standard InChI is InChI=1S/C13H16ClNO3S/c1-10(2)19(16,17)8-4-7-18-13-6-3-5-12(14)11(13)9-15/h3,5-6,10H,4,7-8H2,1-2H3. The van der Waals surface area contributed by atoms with Crippen molar-refractivity contribution >= 4 is 21.4 Å². The van der Waals surface area contributed by atoms with Gasteiger partial charge in [0, 0.05) is 0 Å². The molecule has 0 aromatic heterocycles. The largest absolute Gasteiger partial charge is 0.492 e. The maximum Gasteiger partial charge on any atom is 0.152 e. The van der Waals surface area contributed by atoms with Gasteiger partial charge >= 0.3 is 0 Å². The second kappa shape index (κ2) is 6.78. The van der Waals surface area contributed by atoms with Crippen LogP contribution in [0.3, 0.4) is 0 Å². The number of sulfone groups is 1. The van der Waals surface area contributed by atoms with E-state index in [1.165, 1.54) is 0 Å². The van der Waals surface area contributed by atoms with E-state index in [1.807, 2.05) is 6.07 Å². The molecule has 0 aliphatic rings. The number of halogens is 1. The quantitative estimate of drug-likeness (QED) is 0.758. The van der Waals surface area contributed by atoms with Gasteiger partial charge in [0.15, 0.2) is 9.84 Å². The van der Waals surface area contributed by atoms with Crippen LogP contribution < -0.4 is 4.74 Å². The Labute approximate surface area is 118 Å². The van der Waals surface area contributed by atoms with Crippen molar-refractivity contribution in [3.63, 3.8) is 0 Å². The number of hydrogen-bond donors (Lipinski definition) is 0. The van der Waals surface area contributed by atoms with Crippen LogP contribution in [0.2, 0.25) is 5.02 Å². The van der Waals surface area contributed by atoms with Gasteiger partial charge in [-0.3, -0.25) is 0 Å². The fourth-order valence-corrected chi connectivity index (χ4v) is 2.61. The maximum absolute atomic E-state index is 11.6. The second-order valence-corrected chi connectivity index (χ2v) is 7.43. The Morgan fingerprint density at radius 3 is 2.68 bits per heavy atom. The summed E-state index contributed by atoms with van der Waals surface area (Å²) < 4.78 is 28.6. The Morgan fingerprint density at radius 2 is 2.11 bits per heavy atom. The van der Waals surface area contributed by atoms with Crippen LogP contribution in [0.5, 0.6) is 5.75 Å². The SMILES string of the molecule is CC(C)S(=O)(=O)CCCOc1cccc(Cl)c1C#N. The van der Waals surface area contributed by atoms with Crippen LogP contribution in [0.15, 0.2) is 18.2 Å². The normalized spacial score (nSPS) is 11.3. The molecule has 0 fully saturated rings. The molecule has 0 aliphatic carbocycles. The van der Waals surface area contributed by atoms with Gasteiger partial charge in [-0.05, 0) is 32.4 Å². The number of nitrogens with zero attached hydrogens (tertiary/aromatic N) is 1. The highest BCUT2D eigenvalue weighted by molar-refractivity contribution is 7.91. The average molecular weight is 302 g/mol. The van der Waals surface area contributed by atoms with Gasteiger partial charge in [0.1, 0.15) is 17.4 Å². The molecule has 0 unspecified atom stereocenters. The minimum absolute atomic E-state index is 0.0765. The molecule has 6 heteroatoms. The Balaban J connectivity index is 2.56. The van der Waals surface area contributed by atoms with Crippen LogP contribution in [0.1, 0.15) is 25.8 Å². The number of ether oxygens (including phenoxy) is 1. The van der Waals surface area contributed by atoms with Gasteiger partial charge in [-0.1, -0.05) is 17.7 Å². The van der Waals surface area contributed by atoms with Crippen molar-refractivity contribution in [1.82, 2.24) is 0 Å². The van der Waals surface area contributed by atoms with Gasteiger partial charge < -0.3 is 4.74 Å². The first-order valence-electron chi connectivity index (χ1n) is 5.91. The molecule has 0 atom stereocenters. The number of rotatable bonds is 6. The highest BCUT2D eigenvalue weighted by atomic mass is 35.5. The third kappa shape index (κ3) is 4.41. The van der Waals surface area contributed by atoms with Crippen LogP contribution in [-0.4, -0.2) is 26.0 Å². The highest BCUT2D eigenvalue weighted by Crippen LogP contribution is 2.25. The lowest BCUT2D eigenvalue weighted by Crippen LogP contribution is -2.19. The summed E-state index contributed by atoms with van der Waals surface area (Å²) >= 11 is 5.86. The fraction of sp³-hybridized carbons (Fsp3) is 0.462. The van der Waals surface area contributed by atoms with Crippen molar-refractivity contribution in [1.29, 1.82) is 5.26 Å². The summed E-state index contributed by atoms with van der Waals surface area (Å²) in [5.74, 6) is 0.463. The van der Waals surface area contributed by atoms with Crippen molar-refractivity contribution in [2.45, 2.75) is 25.5 Å². The molecule has 1 aromatic carbocycles. The van der Waals surface area contributed by atoms with Crippen molar-refractivity contribution in [3.05, 3.63) is 28.8 Å². The number of benzene rings is 1. The molecule has 104 valence electrons. The van der Waals surface area contributed by atoms with E-state index in [0.29, 0.717) is 17.2 Å². The minimum Gasteiger partial charge on any atom is -0.492 e. The first-order chi connectivity index (χ1) is 8.88. The Kier molecular flexibility index (Phi) is 5.64. The monoisotopic (exact) mass is 301 g/mol. The Bertz CT molecular complexity index is 576. The third-order valence-corrected chi connectivity index (χ3v) is 5.25. The van der Waals surface area contributed by atoms with Gasteiger partial charge in [-0.2, -0.15) is 5.26 Å². The van der Waals surface area contributed by atoms with E-state index >= 15 is 0 Å². The molecule has 0 amide bonds.